The van der Waals surface area contributed by atoms with E-state index in [2.05, 4.69) is 25.3 Å². The number of thiol groups is 2. The number of aliphatic hydroxyl groups is 8. The van der Waals surface area contributed by atoms with Gasteiger partial charge in [0.25, 0.3) is 0 Å². The van der Waals surface area contributed by atoms with Crippen molar-refractivity contribution in [3.8, 4) is 0 Å². The smallest absolute Gasteiger partial charge is 0.0861 e. The monoisotopic (exact) mass is 488 g/mol. The quantitative estimate of drug-likeness (QED) is 0.150. The lowest BCUT2D eigenvalue weighted by atomic mass is 10.4. The molecule has 0 heterocycles. The van der Waals surface area contributed by atoms with Crippen molar-refractivity contribution in [2.45, 2.75) is 38.3 Å². The van der Waals surface area contributed by atoms with E-state index in [1.807, 2.05) is 13.8 Å². The summed E-state index contributed by atoms with van der Waals surface area (Å²) in [7, 11) is 0. The highest BCUT2D eigenvalue weighted by molar-refractivity contribution is 7.99. The Kier molecular flexibility index (Phi) is 42.6. The van der Waals surface area contributed by atoms with Crippen LogP contribution in [0.2, 0.25) is 0 Å². The first kappa shape index (κ1) is 36.5. The number of thioether (sulfide) groups is 2. The van der Waals surface area contributed by atoms with Gasteiger partial charge in [-0.1, -0.05) is 13.8 Å². The van der Waals surface area contributed by atoms with Crippen molar-refractivity contribution >= 4 is 48.8 Å². The van der Waals surface area contributed by atoms with Crippen molar-refractivity contribution < 1.29 is 40.9 Å². The molecule has 8 N–H and O–H groups in total. The van der Waals surface area contributed by atoms with Crippen LogP contribution in [0.1, 0.15) is 13.8 Å². The molecule has 0 fully saturated rings. The van der Waals surface area contributed by atoms with Crippen molar-refractivity contribution in [2.24, 2.45) is 0 Å². The Hall–Kier alpha value is 1.08. The van der Waals surface area contributed by atoms with Crippen molar-refractivity contribution in [2.75, 3.05) is 60.9 Å². The summed E-state index contributed by atoms with van der Waals surface area (Å²) in [5, 5.41) is 66.8. The first-order chi connectivity index (χ1) is 13.2. The van der Waals surface area contributed by atoms with Crippen LogP contribution in [0.25, 0.3) is 0 Å². The first-order valence-electron chi connectivity index (χ1n) is 8.77. The Labute approximate surface area is 188 Å². The molecule has 0 amide bonds. The summed E-state index contributed by atoms with van der Waals surface area (Å²) >= 11 is 10.6. The third kappa shape index (κ3) is 41.4. The first-order valence-corrected chi connectivity index (χ1v) is 12.3. The largest absolute Gasteiger partial charge is 0.394 e. The molecule has 0 saturated carbocycles. The molecule has 0 aliphatic heterocycles. The van der Waals surface area contributed by atoms with Crippen LogP contribution < -0.4 is 0 Å². The van der Waals surface area contributed by atoms with Gasteiger partial charge in [0.1, 0.15) is 0 Å². The van der Waals surface area contributed by atoms with E-state index in [9.17, 15) is 0 Å². The van der Waals surface area contributed by atoms with Gasteiger partial charge in [-0.3, -0.25) is 0 Å². The van der Waals surface area contributed by atoms with Crippen molar-refractivity contribution in [3.05, 3.63) is 0 Å². The highest BCUT2D eigenvalue weighted by Crippen LogP contribution is 2.00. The molecule has 0 aliphatic carbocycles. The van der Waals surface area contributed by atoms with Crippen molar-refractivity contribution in [3.63, 3.8) is 0 Å². The highest BCUT2D eigenvalue weighted by atomic mass is 32.2. The Morgan fingerprint density at radius 2 is 0.821 bits per heavy atom. The Balaban J connectivity index is -0.000000139. The van der Waals surface area contributed by atoms with E-state index >= 15 is 0 Å². The van der Waals surface area contributed by atoms with Gasteiger partial charge in [0, 0.05) is 23.0 Å². The number of aliphatic hydroxyl groups excluding tert-OH is 8. The molecule has 0 radical (unpaired) electrons. The molecule has 0 spiro atoms. The highest BCUT2D eigenvalue weighted by Gasteiger charge is 1.99. The molecule has 0 aliphatic rings. The molecule has 4 atom stereocenters. The van der Waals surface area contributed by atoms with E-state index < -0.39 is 24.4 Å². The summed E-state index contributed by atoms with van der Waals surface area (Å²) in [6.45, 7) is 3.43. The summed E-state index contributed by atoms with van der Waals surface area (Å²) in [6, 6.07) is 0. The number of rotatable bonds is 12. The van der Waals surface area contributed by atoms with Gasteiger partial charge < -0.3 is 40.9 Å². The molecule has 12 heteroatoms. The van der Waals surface area contributed by atoms with Crippen molar-refractivity contribution in [1.29, 1.82) is 0 Å². The van der Waals surface area contributed by atoms with Crippen LogP contribution in [0.5, 0.6) is 0 Å². The third-order valence-electron chi connectivity index (χ3n) is 2.29. The van der Waals surface area contributed by atoms with Crippen LogP contribution in [0.4, 0.5) is 0 Å². The molecule has 8 nitrogen and oxygen atoms in total. The van der Waals surface area contributed by atoms with E-state index in [1.54, 1.807) is 23.5 Å². The van der Waals surface area contributed by atoms with E-state index in [1.165, 1.54) is 0 Å². The summed E-state index contributed by atoms with van der Waals surface area (Å²) in [6.07, 6.45) is -2.35. The molecule has 0 saturated heterocycles. The zero-order valence-corrected chi connectivity index (χ0v) is 20.1. The Morgan fingerprint density at radius 3 is 0.929 bits per heavy atom. The topological polar surface area (TPSA) is 162 Å². The fraction of sp³-hybridized carbons (Fsp3) is 1.00. The van der Waals surface area contributed by atoms with Crippen LogP contribution in [0, 0.1) is 0 Å². The molecular weight excluding hydrogens is 448 g/mol. The lowest BCUT2D eigenvalue weighted by Gasteiger charge is -2.02. The minimum atomic E-state index is -0.645. The van der Waals surface area contributed by atoms with Gasteiger partial charge in [-0.2, -0.15) is 48.8 Å². The average Bonchev–Trinajstić information content (AvgIpc) is 2.75. The van der Waals surface area contributed by atoms with Crippen LogP contribution in [-0.4, -0.2) is 126 Å². The molecular formula is C16H40O8S4. The molecule has 0 aromatic rings. The molecule has 0 aromatic heterocycles. The van der Waals surface area contributed by atoms with Gasteiger partial charge in [0.15, 0.2) is 0 Å². The summed E-state index contributed by atoms with van der Waals surface area (Å²) in [5.74, 6) is 3.95. The normalized spacial score (nSPS) is 14.1. The molecule has 0 rings (SSSR count). The summed E-state index contributed by atoms with van der Waals surface area (Å²) in [5.41, 5.74) is 0. The standard InChI is InChI=1S/2C5H12O2S.2C3H8O2S/c2*1-2-8-4-5(7)3-6;2*4-1-3(5)2-6/h2*5-7H,2-4H2,1H3;2*3-6H,1-2H2. The maximum absolute atomic E-state index is 8.72. The second-order valence-corrected chi connectivity index (χ2v) is 8.40. The number of hydrogen-bond donors (Lipinski definition) is 10. The fourth-order valence-corrected chi connectivity index (χ4v) is 2.19. The van der Waals surface area contributed by atoms with E-state index in [4.69, 9.17) is 40.9 Å². The predicted molar refractivity (Wildman–Crippen MR) is 126 cm³/mol. The second-order valence-electron chi connectivity index (χ2n) is 5.03. The Bertz CT molecular complexity index is 227. The third-order valence-corrected chi connectivity index (χ3v) is 5.19. The Morgan fingerprint density at radius 1 is 0.571 bits per heavy atom. The lowest BCUT2D eigenvalue weighted by molar-refractivity contribution is 0.113. The van der Waals surface area contributed by atoms with Gasteiger partial charge in [0.05, 0.1) is 50.8 Å². The van der Waals surface area contributed by atoms with E-state index in [0.717, 1.165) is 11.5 Å². The van der Waals surface area contributed by atoms with Crippen LogP contribution in [0.3, 0.4) is 0 Å². The summed E-state index contributed by atoms with van der Waals surface area (Å²) in [4.78, 5) is 0. The minimum Gasteiger partial charge on any atom is -0.394 e. The zero-order chi connectivity index (χ0) is 22.8. The predicted octanol–water partition coefficient (Wildman–Crippen LogP) is -1.28. The van der Waals surface area contributed by atoms with Gasteiger partial charge >= 0.3 is 0 Å². The van der Waals surface area contributed by atoms with Crippen LogP contribution >= 0.6 is 48.8 Å². The molecule has 0 aromatic carbocycles. The maximum atomic E-state index is 8.72. The number of hydrogen-bond acceptors (Lipinski definition) is 12. The second kappa shape index (κ2) is 32.7. The average molecular weight is 489 g/mol. The van der Waals surface area contributed by atoms with Gasteiger partial charge in [-0.05, 0) is 11.5 Å². The molecule has 28 heavy (non-hydrogen) atoms. The summed E-state index contributed by atoms with van der Waals surface area (Å²) < 4.78 is 0. The lowest BCUT2D eigenvalue weighted by Crippen LogP contribution is -2.14. The van der Waals surface area contributed by atoms with Gasteiger partial charge in [-0.15, -0.1) is 0 Å². The zero-order valence-electron chi connectivity index (χ0n) is 16.7. The van der Waals surface area contributed by atoms with Crippen molar-refractivity contribution in [1.82, 2.24) is 0 Å². The van der Waals surface area contributed by atoms with Crippen LogP contribution in [0.15, 0.2) is 0 Å². The minimum absolute atomic E-state index is 0.118. The molecule has 4 unspecified atom stereocenters. The van der Waals surface area contributed by atoms with E-state index in [0.29, 0.717) is 23.0 Å². The molecule has 176 valence electrons. The van der Waals surface area contributed by atoms with Gasteiger partial charge in [-0.25, -0.2) is 0 Å². The van der Waals surface area contributed by atoms with Crippen LogP contribution in [-0.2, 0) is 0 Å². The van der Waals surface area contributed by atoms with E-state index in [-0.39, 0.29) is 26.4 Å². The maximum Gasteiger partial charge on any atom is 0.0861 e. The fourth-order valence-electron chi connectivity index (χ4n) is 0.729. The van der Waals surface area contributed by atoms with Gasteiger partial charge in [0.2, 0.25) is 0 Å². The molecule has 0 bridgehead atoms. The SMILES string of the molecule is CCSCC(O)CO.CCSCC(O)CO.OCC(O)CS.OCC(O)CS.